The molecule has 4 nitrogen and oxygen atoms in total. The molecule has 0 amide bonds. The third-order valence-corrected chi connectivity index (χ3v) is 2.80. The predicted octanol–water partition coefficient (Wildman–Crippen LogP) is 2.64. The molecule has 4 heteroatoms. The Hall–Kier alpha value is -1.16. The van der Waals surface area contributed by atoms with E-state index in [-0.39, 0.29) is 5.60 Å². The molecule has 0 saturated heterocycles. The van der Waals surface area contributed by atoms with Gasteiger partial charge in [-0.2, -0.15) is 5.10 Å². The van der Waals surface area contributed by atoms with Crippen molar-refractivity contribution in [1.29, 1.82) is 0 Å². The molecule has 0 aromatic carbocycles. The highest BCUT2D eigenvalue weighted by atomic mass is 16.5. The molecule has 0 fully saturated rings. The Balaban J connectivity index is 2.82. The van der Waals surface area contributed by atoms with E-state index in [4.69, 9.17) is 4.74 Å². The molecule has 0 unspecified atom stereocenters. The highest BCUT2D eigenvalue weighted by Crippen LogP contribution is 2.14. The first-order valence-corrected chi connectivity index (χ1v) is 6.60. The molecule has 1 aromatic heterocycles. The van der Waals surface area contributed by atoms with Crippen LogP contribution >= 0.6 is 0 Å². The van der Waals surface area contributed by atoms with Crippen molar-refractivity contribution in [3.8, 4) is 0 Å². The Bertz CT molecular complexity index is 403. The third-order valence-electron chi connectivity index (χ3n) is 2.80. The summed E-state index contributed by atoms with van der Waals surface area (Å²) >= 11 is 0. The minimum absolute atomic E-state index is 0.138. The fraction of sp³-hybridized carbons (Fsp3) is 0.714. The number of hydrogen-bond acceptors (Lipinski definition) is 3. The van der Waals surface area contributed by atoms with E-state index < -0.39 is 0 Å². The SMILES string of the molecule is CCc1nn(CCOC(C)(C)C)c(CC)c1C=O. The van der Waals surface area contributed by atoms with Gasteiger partial charge in [-0.25, -0.2) is 0 Å². The van der Waals surface area contributed by atoms with Gasteiger partial charge in [0.1, 0.15) is 0 Å². The molecule has 0 atom stereocenters. The standard InChI is InChI=1S/C14H24N2O2/c1-6-12-11(10-17)13(7-2)16(15-12)8-9-18-14(3,4)5/h10H,6-9H2,1-5H3. The second kappa shape index (κ2) is 6.14. The van der Waals surface area contributed by atoms with Crippen LogP contribution in [-0.4, -0.2) is 28.3 Å². The Morgan fingerprint density at radius 3 is 2.39 bits per heavy atom. The molecule has 1 aromatic rings. The average Bonchev–Trinajstić information content (AvgIpc) is 2.64. The summed E-state index contributed by atoms with van der Waals surface area (Å²) in [5, 5.41) is 4.50. The molecular formula is C14H24N2O2. The summed E-state index contributed by atoms with van der Waals surface area (Å²) in [6.07, 6.45) is 2.52. The van der Waals surface area contributed by atoms with E-state index >= 15 is 0 Å². The lowest BCUT2D eigenvalue weighted by Gasteiger charge is -2.19. The third kappa shape index (κ3) is 3.67. The van der Waals surface area contributed by atoms with E-state index in [1.165, 1.54) is 0 Å². The molecule has 0 spiro atoms. The first kappa shape index (κ1) is 14.9. The zero-order chi connectivity index (χ0) is 13.8. The number of ether oxygens (including phenoxy) is 1. The molecule has 0 aliphatic rings. The van der Waals surface area contributed by atoms with Gasteiger partial charge in [0.15, 0.2) is 6.29 Å². The van der Waals surface area contributed by atoms with Gasteiger partial charge in [0.2, 0.25) is 0 Å². The van der Waals surface area contributed by atoms with E-state index in [9.17, 15) is 4.79 Å². The Morgan fingerprint density at radius 2 is 1.94 bits per heavy atom. The summed E-state index contributed by atoms with van der Waals surface area (Å²) in [5.74, 6) is 0. The molecule has 18 heavy (non-hydrogen) atoms. The van der Waals surface area contributed by atoms with Crippen molar-refractivity contribution in [1.82, 2.24) is 9.78 Å². The highest BCUT2D eigenvalue weighted by Gasteiger charge is 2.15. The van der Waals surface area contributed by atoms with Crippen molar-refractivity contribution >= 4 is 6.29 Å². The molecular weight excluding hydrogens is 228 g/mol. The largest absolute Gasteiger partial charge is 0.374 e. The summed E-state index contributed by atoms with van der Waals surface area (Å²) in [4.78, 5) is 11.1. The van der Waals surface area contributed by atoms with E-state index in [0.717, 1.165) is 36.1 Å². The van der Waals surface area contributed by atoms with Crippen molar-refractivity contribution in [2.75, 3.05) is 6.61 Å². The van der Waals surface area contributed by atoms with Gasteiger partial charge < -0.3 is 4.74 Å². The van der Waals surface area contributed by atoms with Gasteiger partial charge in [-0.1, -0.05) is 13.8 Å². The minimum Gasteiger partial charge on any atom is -0.374 e. The van der Waals surface area contributed by atoms with Gasteiger partial charge in [0.05, 0.1) is 30.0 Å². The van der Waals surface area contributed by atoms with Crippen LogP contribution in [-0.2, 0) is 24.1 Å². The summed E-state index contributed by atoms with van der Waals surface area (Å²) in [6.45, 7) is 11.5. The Labute approximate surface area is 109 Å². The number of nitrogens with zero attached hydrogens (tertiary/aromatic N) is 2. The van der Waals surface area contributed by atoms with E-state index in [2.05, 4.69) is 5.10 Å². The summed E-state index contributed by atoms with van der Waals surface area (Å²) in [5.41, 5.74) is 2.52. The number of rotatable bonds is 6. The number of aldehydes is 1. The normalized spacial score (nSPS) is 11.8. The van der Waals surface area contributed by atoms with Crippen molar-refractivity contribution in [2.45, 2.75) is 59.6 Å². The fourth-order valence-corrected chi connectivity index (χ4v) is 1.96. The molecule has 0 bridgehead atoms. The van der Waals surface area contributed by atoms with Gasteiger partial charge >= 0.3 is 0 Å². The fourth-order valence-electron chi connectivity index (χ4n) is 1.96. The smallest absolute Gasteiger partial charge is 0.153 e. The number of aromatic nitrogens is 2. The van der Waals surface area contributed by atoms with Crippen LogP contribution in [0.15, 0.2) is 0 Å². The predicted molar refractivity (Wildman–Crippen MR) is 72.1 cm³/mol. The van der Waals surface area contributed by atoms with Gasteiger partial charge in [-0.15, -0.1) is 0 Å². The molecule has 0 aliphatic heterocycles. The van der Waals surface area contributed by atoms with E-state index in [0.29, 0.717) is 13.2 Å². The first-order chi connectivity index (χ1) is 8.42. The maximum absolute atomic E-state index is 11.1. The summed E-state index contributed by atoms with van der Waals surface area (Å²) < 4.78 is 7.61. The zero-order valence-electron chi connectivity index (χ0n) is 12.1. The van der Waals surface area contributed by atoms with Crippen LogP contribution < -0.4 is 0 Å². The lowest BCUT2D eigenvalue weighted by atomic mass is 10.1. The lowest BCUT2D eigenvalue weighted by Crippen LogP contribution is -2.22. The number of carbonyl (C=O) groups is 1. The average molecular weight is 252 g/mol. The molecule has 0 aliphatic carbocycles. The second-order valence-corrected chi connectivity index (χ2v) is 5.32. The Kier molecular flexibility index (Phi) is 5.08. The molecule has 0 saturated carbocycles. The van der Waals surface area contributed by atoms with Crippen LogP contribution in [0.25, 0.3) is 0 Å². The van der Waals surface area contributed by atoms with Crippen LogP contribution in [0, 0.1) is 0 Å². The summed E-state index contributed by atoms with van der Waals surface area (Å²) in [7, 11) is 0. The number of aryl methyl sites for hydroxylation is 1. The molecule has 0 radical (unpaired) electrons. The van der Waals surface area contributed by atoms with Crippen LogP contribution in [0.4, 0.5) is 0 Å². The van der Waals surface area contributed by atoms with Crippen LogP contribution in [0.1, 0.15) is 56.4 Å². The van der Waals surface area contributed by atoms with Crippen molar-refractivity contribution < 1.29 is 9.53 Å². The van der Waals surface area contributed by atoms with Gasteiger partial charge in [0.25, 0.3) is 0 Å². The van der Waals surface area contributed by atoms with Crippen molar-refractivity contribution in [3.63, 3.8) is 0 Å². The topological polar surface area (TPSA) is 44.1 Å². The first-order valence-electron chi connectivity index (χ1n) is 6.60. The lowest BCUT2D eigenvalue weighted by molar-refractivity contribution is -0.00817. The van der Waals surface area contributed by atoms with Crippen LogP contribution in [0.5, 0.6) is 0 Å². The van der Waals surface area contributed by atoms with Gasteiger partial charge in [0, 0.05) is 5.69 Å². The van der Waals surface area contributed by atoms with Gasteiger partial charge in [-0.05, 0) is 33.6 Å². The molecule has 1 rings (SSSR count). The van der Waals surface area contributed by atoms with Crippen molar-refractivity contribution in [3.05, 3.63) is 17.0 Å². The minimum atomic E-state index is -0.138. The quantitative estimate of drug-likeness (QED) is 0.731. The van der Waals surface area contributed by atoms with Crippen molar-refractivity contribution in [2.24, 2.45) is 0 Å². The zero-order valence-corrected chi connectivity index (χ0v) is 12.1. The Morgan fingerprint density at radius 1 is 1.28 bits per heavy atom. The second-order valence-electron chi connectivity index (χ2n) is 5.32. The molecule has 0 N–H and O–H groups in total. The number of carbonyl (C=O) groups excluding carboxylic acids is 1. The maximum atomic E-state index is 11.1. The maximum Gasteiger partial charge on any atom is 0.153 e. The van der Waals surface area contributed by atoms with Crippen LogP contribution in [0.2, 0.25) is 0 Å². The van der Waals surface area contributed by atoms with E-state index in [1.54, 1.807) is 0 Å². The highest BCUT2D eigenvalue weighted by molar-refractivity contribution is 5.78. The molecule has 102 valence electrons. The van der Waals surface area contributed by atoms with Gasteiger partial charge in [-0.3, -0.25) is 9.48 Å². The van der Waals surface area contributed by atoms with E-state index in [1.807, 2.05) is 39.3 Å². The molecule has 1 heterocycles. The summed E-state index contributed by atoms with van der Waals surface area (Å²) in [6, 6.07) is 0. The monoisotopic (exact) mass is 252 g/mol. The van der Waals surface area contributed by atoms with Crippen LogP contribution in [0.3, 0.4) is 0 Å². The number of hydrogen-bond donors (Lipinski definition) is 0.